The normalized spacial score (nSPS) is 10.2. The lowest BCUT2D eigenvalue weighted by atomic mass is 10.3. The van der Waals surface area contributed by atoms with Gasteiger partial charge < -0.3 is 14.8 Å². The maximum atomic E-state index is 11.2. The van der Waals surface area contributed by atoms with Crippen LogP contribution in [0.25, 0.3) is 0 Å². The highest BCUT2D eigenvalue weighted by molar-refractivity contribution is 9.10. The number of anilines is 1. The van der Waals surface area contributed by atoms with Gasteiger partial charge in [0.2, 0.25) is 0 Å². The van der Waals surface area contributed by atoms with E-state index in [1.165, 1.54) is 7.11 Å². The van der Waals surface area contributed by atoms with E-state index in [4.69, 9.17) is 4.74 Å². The zero-order chi connectivity index (χ0) is 15.2. The molecule has 0 aliphatic carbocycles. The molecule has 4 nitrogen and oxygen atoms in total. The van der Waals surface area contributed by atoms with Gasteiger partial charge in [-0.15, -0.1) is 11.3 Å². The van der Waals surface area contributed by atoms with Crippen molar-refractivity contribution in [3.63, 3.8) is 0 Å². The highest BCUT2D eigenvalue weighted by atomic mass is 79.9. The third-order valence-corrected chi connectivity index (χ3v) is 4.46. The molecule has 6 heteroatoms. The van der Waals surface area contributed by atoms with Crippen LogP contribution in [0.4, 0.5) is 5.69 Å². The van der Waals surface area contributed by atoms with E-state index in [0.29, 0.717) is 13.0 Å². The number of thiophene rings is 1. The van der Waals surface area contributed by atoms with Gasteiger partial charge in [-0.25, -0.2) is 0 Å². The van der Waals surface area contributed by atoms with Gasteiger partial charge in [-0.05, 0) is 30.3 Å². The van der Waals surface area contributed by atoms with Crippen LogP contribution in [0.1, 0.15) is 9.75 Å². The molecule has 0 atom stereocenters. The molecule has 0 radical (unpaired) electrons. The van der Waals surface area contributed by atoms with Crippen LogP contribution < -0.4 is 10.1 Å². The SMILES string of the molecule is COC(=O)Cc1ccc(CNc2cc(Br)ccc2OC)s1. The smallest absolute Gasteiger partial charge is 0.310 e. The summed E-state index contributed by atoms with van der Waals surface area (Å²) in [5.74, 6) is 0.578. The number of ether oxygens (including phenoxy) is 2. The van der Waals surface area contributed by atoms with Gasteiger partial charge in [0, 0.05) is 20.8 Å². The Kier molecular flexibility index (Phi) is 5.64. The summed E-state index contributed by atoms with van der Waals surface area (Å²) in [5.41, 5.74) is 0.926. The van der Waals surface area contributed by atoms with Crippen molar-refractivity contribution in [3.8, 4) is 5.75 Å². The lowest BCUT2D eigenvalue weighted by Crippen LogP contribution is -2.02. The van der Waals surface area contributed by atoms with Crippen LogP contribution >= 0.6 is 27.3 Å². The van der Waals surface area contributed by atoms with Gasteiger partial charge in [0.15, 0.2) is 0 Å². The number of hydrogen-bond acceptors (Lipinski definition) is 5. The predicted molar refractivity (Wildman–Crippen MR) is 88.1 cm³/mol. The fourth-order valence-electron chi connectivity index (χ4n) is 1.83. The van der Waals surface area contributed by atoms with Crippen molar-refractivity contribution in [1.82, 2.24) is 0 Å². The van der Waals surface area contributed by atoms with E-state index in [1.54, 1.807) is 18.4 Å². The number of esters is 1. The molecule has 0 saturated carbocycles. The molecule has 0 fully saturated rings. The molecular weight excluding hydrogens is 354 g/mol. The first-order valence-electron chi connectivity index (χ1n) is 6.34. The Morgan fingerprint density at radius 1 is 1.24 bits per heavy atom. The van der Waals surface area contributed by atoms with Crippen LogP contribution in [0.2, 0.25) is 0 Å². The summed E-state index contributed by atoms with van der Waals surface area (Å²) in [4.78, 5) is 13.4. The standard InChI is InChI=1S/C15H16BrNO3S/c1-19-14-6-3-10(16)7-13(14)17-9-12-5-4-11(21-12)8-15(18)20-2/h3-7,17H,8-9H2,1-2H3. The van der Waals surface area contributed by atoms with Gasteiger partial charge in [0.1, 0.15) is 5.75 Å². The first kappa shape index (κ1) is 15.9. The molecule has 112 valence electrons. The highest BCUT2D eigenvalue weighted by Gasteiger charge is 2.07. The molecule has 1 aromatic carbocycles. The minimum Gasteiger partial charge on any atom is -0.495 e. The molecule has 0 aliphatic rings. The third-order valence-electron chi connectivity index (χ3n) is 2.88. The van der Waals surface area contributed by atoms with Gasteiger partial charge in [0.25, 0.3) is 0 Å². The Hall–Kier alpha value is -1.53. The summed E-state index contributed by atoms with van der Waals surface area (Å²) in [7, 11) is 3.05. The summed E-state index contributed by atoms with van der Waals surface area (Å²) in [5, 5.41) is 3.34. The molecule has 1 N–H and O–H groups in total. The highest BCUT2D eigenvalue weighted by Crippen LogP contribution is 2.29. The maximum absolute atomic E-state index is 11.2. The minimum absolute atomic E-state index is 0.218. The summed E-state index contributed by atoms with van der Waals surface area (Å²) >= 11 is 5.04. The molecule has 0 unspecified atom stereocenters. The zero-order valence-electron chi connectivity index (χ0n) is 11.8. The van der Waals surface area contributed by atoms with E-state index < -0.39 is 0 Å². The second kappa shape index (κ2) is 7.47. The molecule has 1 heterocycles. The van der Waals surface area contributed by atoms with Crippen LogP contribution in [-0.2, 0) is 22.5 Å². The van der Waals surface area contributed by atoms with E-state index in [-0.39, 0.29) is 5.97 Å². The zero-order valence-corrected chi connectivity index (χ0v) is 14.2. The van der Waals surface area contributed by atoms with Gasteiger partial charge >= 0.3 is 5.97 Å². The quantitative estimate of drug-likeness (QED) is 0.785. The summed E-state index contributed by atoms with van der Waals surface area (Å²) in [6, 6.07) is 9.78. The molecule has 2 rings (SSSR count). The van der Waals surface area contributed by atoms with Crippen molar-refractivity contribution in [1.29, 1.82) is 0 Å². The Morgan fingerprint density at radius 3 is 2.71 bits per heavy atom. The average Bonchev–Trinajstić information content (AvgIpc) is 2.92. The molecule has 0 amide bonds. The van der Waals surface area contributed by atoms with Gasteiger partial charge in [-0.3, -0.25) is 4.79 Å². The van der Waals surface area contributed by atoms with Gasteiger partial charge in [0.05, 0.1) is 26.3 Å². The average molecular weight is 370 g/mol. The number of nitrogens with one attached hydrogen (secondary N) is 1. The predicted octanol–water partition coefficient (Wildman–Crippen LogP) is 3.85. The van der Waals surface area contributed by atoms with Crippen molar-refractivity contribution < 1.29 is 14.3 Å². The molecule has 0 spiro atoms. The number of rotatable bonds is 6. The van der Waals surface area contributed by atoms with Crippen LogP contribution in [0.5, 0.6) is 5.75 Å². The third kappa shape index (κ3) is 4.47. The fourth-order valence-corrected chi connectivity index (χ4v) is 3.13. The summed E-state index contributed by atoms with van der Waals surface area (Å²) < 4.78 is 11.0. The van der Waals surface area contributed by atoms with Crippen LogP contribution in [0.15, 0.2) is 34.8 Å². The van der Waals surface area contributed by atoms with E-state index in [2.05, 4.69) is 26.0 Å². The minimum atomic E-state index is -0.218. The van der Waals surface area contributed by atoms with Crippen molar-refractivity contribution in [2.24, 2.45) is 0 Å². The van der Waals surface area contributed by atoms with Crippen molar-refractivity contribution in [2.45, 2.75) is 13.0 Å². The molecule has 0 saturated heterocycles. The molecule has 2 aromatic rings. The van der Waals surface area contributed by atoms with Crippen molar-refractivity contribution >= 4 is 38.9 Å². The van der Waals surface area contributed by atoms with Gasteiger partial charge in [-0.1, -0.05) is 15.9 Å². The van der Waals surface area contributed by atoms with Crippen LogP contribution in [-0.4, -0.2) is 20.2 Å². The number of benzene rings is 1. The lowest BCUT2D eigenvalue weighted by Gasteiger charge is -2.10. The number of carbonyl (C=O) groups excluding carboxylic acids is 1. The maximum Gasteiger partial charge on any atom is 0.310 e. The monoisotopic (exact) mass is 369 g/mol. The first-order chi connectivity index (χ1) is 10.1. The van der Waals surface area contributed by atoms with E-state index in [1.807, 2.05) is 30.3 Å². The number of methoxy groups -OCH3 is 2. The molecule has 21 heavy (non-hydrogen) atoms. The molecule has 1 aromatic heterocycles. The summed E-state index contributed by atoms with van der Waals surface area (Å²) in [6.07, 6.45) is 0.321. The molecular formula is C15H16BrNO3S. The fraction of sp³-hybridized carbons (Fsp3) is 0.267. The largest absolute Gasteiger partial charge is 0.495 e. The van der Waals surface area contributed by atoms with Crippen LogP contribution in [0.3, 0.4) is 0 Å². The Labute approximate surface area is 136 Å². The molecule has 0 aliphatic heterocycles. The van der Waals surface area contributed by atoms with Crippen molar-refractivity contribution in [2.75, 3.05) is 19.5 Å². The van der Waals surface area contributed by atoms with E-state index >= 15 is 0 Å². The summed E-state index contributed by atoms with van der Waals surface area (Å²) in [6.45, 7) is 0.679. The Bertz CT molecular complexity index is 627. The van der Waals surface area contributed by atoms with E-state index in [9.17, 15) is 4.79 Å². The van der Waals surface area contributed by atoms with E-state index in [0.717, 1.165) is 25.7 Å². The van der Waals surface area contributed by atoms with Crippen LogP contribution in [0, 0.1) is 0 Å². The number of halogens is 1. The Balaban J connectivity index is 2.00. The number of hydrogen-bond donors (Lipinski definition) is 1. The topological polar surface area (TPSA) is 47.6 Å². The molecule has 0 bridgehead atoms. The lowest BCUT2D eigenvalue weighted by molar-refractivity contribution is -0.139. The first-order valence-corrected chi connectivity index (χ1v) is 7.95. The second-order valence-electron chi connectivity index (χ2n) is 4.32. The van der Waals surface area contributed by atoms with Gasteiger partial charge in [-0.2, -0.15) is 0 Å². The Morgan fingerprint density at radius 2 is 2.00 bits per heavy atom. The second-order valence-corrected chi connectivity index (χ2v) is 6.49. The van der Waals surface area contributed by atoms with Crippen molar-refractivity contribution in [3.05, 3.63) is 44.6 Å². The number of carbonyl (C=O) groups is 1.